The van der Waals surface area contributed by atoms with Gasteiger partial charge in [0.15, 0.2) is 18.1 Å². The van der Waals surface area contributed by atoms with E-state index in [1.54, 1.807) is 6.07 Å². The number of nitrogens with one attached hydrogen (secondary N) is 1. The summed E-state index contributed by atoms with van der Waals surface area (Å²) in [6.45, 7) is 3.58. The lowest BCUT2D eigenvalue weighted by Gasteiger charge is -2.11. The van der Waals surface area contributed by atoms with Gasteiger partial charge in [0.25, 0.3) is 5.91 Å². The van der Waals surface area contributed by atoms with E-state index in [0.29, 0.717) is 31.2 Å². The minimum atomic E-state index is -0.158. The van der Waals surface area contributed by atoms with Crippen molar-refractivity contribution in [2.75, 3.05) is 26.3 Å². The fourth-order valence-electron chi connectivity index (χ4n) is 1.37. The maximum atomic E-state index is 11.4. The number of rotatable bonds is 8. The summed E-state index contributed by atoms with van der Waals surface area (Å²) in [5, 5.41) is 2.72. The van der Waals surface area contributed by atoms with Crippen LogP contribution in [0.15, 0.2) is 24.3 Å². The minimum absolute atomic E-state index is 0.0192. The van der Waals surface area contributed by atoms with Crippen molar-refractivity contribution in [2.45, 2.75) is 13.3 Å². The SMILES string of the molecule is CCOc1ccccc1OCC(=O)NCCCN. The number of hydrogen-bond acceptors (Lipinski definition) is 4. The number of para-hydroxylation sites is 2. The smallest absolute Gasteiger partial charge is 0.257 e. The predicted octanol–water partition coefficient (Wildman–Crippen LogP) is 0.929. The van der Waals surface area contributed by atoms with Gasteiger partial charge in [0.1, 0.15) is 0 Å². The van der Waals surface area contributed by atoms with E-state index in [2.05, 4.69) is 5.32 Å². The Balaban J connectivity index is 2.40. The van der Waals surface area contributed by atoms with Gasteiger partial charge in [-0.15, -0.1) is 0 Å². The van der Waals surface area contributed by atoms with E-state index in [9.17, 15) is 4.79 Å². The second-order valence-corrected chi connectivity index (χ2v) is 3.66. The number of amides is 1. The molecule has 0 unspecified atom stereocenters. The molecule has 0 spiro atoms. The fourth-order valence-corrected chi connectivity index (χ4v) is 1.37. The minimum Gasteiger partial charge on any atom is -0.490 e. The summed E-state index contributed by atoms with van der Waals surface area (Å²) in [5.41, 5.74) is 5.33. The highest BCUT2D eigenvalue weighted by Gasteiger charge is 2.06. The highest BCUT2D eigenvalue weighted by molar-refractivity contribution is 5.77. The Morgan fingerprint density at radius 1 is 1.28 bits per heavy atom. The van der Waals surface area contributed by atoms with Gasteiger partial charge in [0.05, 0.1) is 6.61 Å². The van der Waals surface area contributed by atoms with E-state index in [4.69, 9.17) is 15.2 Å². The van der Waals surface area contributed by atoms with Crippen LogP contribution in [0, 0.1) is 0 Å². The zero-order chi connectivity index (χ0) is 13.2. The summed E-state index contributed by atoms with van der Waals surface area (Å²) >= 11 is 0. The van der Waals surface area contributed by atoms with Gasteiger partial charge in [0, 0.05) is 6.54 Å². The molecule has 0 aliphatic rings. The normalized spacial score (nSPS) is 9.89. The molecular formula is C13H20N2O3. The fraction of sp³-hybridized carbons (Fsp3) is 0.462. The Labute approximate surface area is 107 Å². The lowest BCUT2D eigenvalue weighted by molar-refractivity contribution is -0.123. The molecule has 0 heterocycles. The molecule has 0 aliphatic carbocycles. The van der Waals surface area contributed by atoms with Crippen LogP contribution in [0.3, 0.4) is 0 Å². The molecule has 1 amide bonds. The number of benzene rings is 1. The molecule has 0 saturated carbocycles. The first kappa shape index (κ1) is 14.3. The van der Waals surface area contributed by atoms with Gasteiger partial charge in [0.2, 0.25) is 0 Å². The van der Waals surface area contributed by atoms with Crippen LogP contribution in [0.2, 0.25) is 0 Å². The molecule has 1 rings (SSSR count). The van der Waals surface area contributed by atoms with Gasteiger partial charge >= 0.3 is 0 Å². The molecule has 0 atom stereocenters. The van der Waals surface area contributed by atoms with Crippen LogP contribution >= 0.6 is 0 Å². The third-order valence-corrected chi connectivity index (χ3v) is 2.21. The predicted molar refractivity (Wildman–Crippen MR) is 69.8 cm³/mol. The topological polar surface area (TPSA) is 73.6 Å². The van der Waals surface area contributed by atoms with Crippen molar-refractivity contribution in [1.82, 2.24) is 5.32 Å². The van der Waals surface area contributed by atoms with Gasteiger partial charge < -0.3 is 20.5 Å². The van der Waals surface area contributed by atoms with Crippen molar-refractivity contribution < 1.29 is 14.3 Å². The van der Waals surface area contributed by atoms with Crippen molar-refractivity contribution in [3.63, 3.8) is 0 Å². The quantitative estimate of drug-likeness (QED) is 0.675. The van der Waals surface area contributed by atoms with Crippen LogP contribution in [0.25, 0.3) is 0 Å². The summed E-state index contributed by atoms with van der Waals surface area (Å²) in [7, 11) is 0. The highest BCUT2D eigenvalue weighted by atomic mass is 16.5. The van der Waals surface area contributed by atoms with E-state index in [-0.39, 0.29) is 12.5 Å². The van der Waals surface area contributed by atoms with Crippen molar-refractivity contribution in [3.05, 3.63) is 24.3 Å². The van der Waals surface area contributed by atoms with Crippen molar-refractivity contribution in [2.24, 2.45) is 5.73 Å². The Kier molecular flexibility index (Phi) is 6.64. The van der Waals surface area contributed by atoms with Gasteiger partial charge in [-0.3, -0.25) is 4.79 Å². The molecule has 0 radical (unpaired) electrons. The second-order valence-electron chi connectivity index (χ2n) is 3.66. The van der Waals surface area contributed by atoms with E-state index in [1.165, 1.54) is 0 Å². The third-order valence-electron chi connectivity index (χ3n) is 2.21. The van der Waals surface area contributed by atoms with Gasteiger partial charge in [-0.2, -0.15) is 0 Å². The maximum Gasteiger partial charge on any atom is 0.257 e. The zero-order valence-electron chi connectivity index (χ0n) is 10.6. The summed E-state index contributed by atoms with van der Waals surface area (Å²) in [5.74, 6) is 1.07. The molecule has 1 aromatic rings. The summed E-state index contributed by atoms with van der Waals surface area (Å²) in [4.78, 5) is 11.4. The Bertz CT molecular complexity index is 369. The van der Waals surface area contributed by atoms with Crippen LogP contribution in [-0.4, -0.2) is 32.2 Å². The number of hydrogen-bond donors (Lipinski definition) is 2. The molecule has 100 valence electrons. The molecule has 0 aromatic heterocycles. The number of ether oxygens (including phenoxy) is 2. The Hall–Kier alpha value is -1.75. The molecule has 0 aliphatic heterocycles. The molecule has 0 bridgehead atoms. The summed E-state index contributed by atoms with van der Waals surface area (Å²) in [6.07, 6.45) is 0.765. The van der Waals surface area contributed by atoms with Crippen LogP contribution in [0.4, 0.5) is 0 Å². The van der Waals surface area contributed by atoms with Gasteiger partial charge in [-0.1, -0.05) is 12.1 Å². The number of carbonyl (C=O) groups excluding carboxylic acids is 1. The van der Waals surface area contributed by atoms with Crippen molar-refractivity contribution in [1.29, 1.82) is 0 Å². The van der Waals surface area contributed by atoms with E-state index >= 15 is 0 Å². The molecule has 3 N–H and O–H groups in total. The van der Waals surface area contributed by atoms with Crippen LogP contribution < -0.4 is 20.5 Å². The third kappa shape index (κ3) is 5.05. The van der Waals surface area contributed by atoms with Gasteiger partial charge in [-0.05, 0) is 32.0 Å². The molecule has 1 aromatic carbocycles. The average Bonchev–Trinajstić information content (AvgIpc) is 2.38. The molecule has 0 fully saturated rings. The van der Waals surface area contributed by atoms with Crippen LogP contribution in [0.1, 0.15) is 13.3 Å². The van der Waals surface area contributed by atoms with E-state index < -0.39 is 0 Å². The largest absolute Gasteiger partial charge is 0.490 e. The first-order valence-electron chi connectivity index (χ1n) is 6.09. The van der Waals surface area contributed by atoms with Crippen molar-refractivity contribution in [3.8, 4) is 11.5 Å². The average molecular weight is 252 g/mol. The van der Waals surface area contributed by atoms with Crippen molar-refractivity contribution >= 4 is 5.91 Å². The number of nitrogens with two attached hydrogens (primary N) is 1. The lowest BCUT2D eigenvalue weighted by Crippen LogP contribution is -2.30. The van der Waals surface area contributed by atoms with E-state index in [0.717, 1.165) is 6.42 Å². The maximum absolute atomic E-state index is 11.4. The summed E-state index contributed by atoms with van der Waals surface area (Å²) in [6, 6.07) is 7.28. The van der Waals surface area contributed by atoms with Gasteiger partial charge in [-0.25, -0.2) is 0 Å². The molecule has 5 heteroatoms. The standard InChI is InChI=1S/C13H20N2O3/c1-2-17-11-6-3-4-7-12(11)18-10-13(16)15-9-5-8-14/h3-4,6-7H,2,5,8-10,14H2,1H3,(H,15,16). The Morgan fingerprint density at radius 3 is 2.56 bits per heavy atom. The first-order valence-corrected chi connectivity index (χ1v) is 6.09. The highest BCUT2D eigenvalue weighted by Crippen LogP contribution is 2.26. The molecular weight excluding hydrogens is 232 g/mol. The first-order chi connectivity index (χ1) is 8.77. The zero-order valence-corrected chi connectivity index (χ0v) is 10.6. The van der Waals surface area contributed by atoms with Crippen LogP contribution in [0.5, 0.6) is 11.5 Å². The van der Waals surface area contributed by atoms with E-state index in [1.807, 2.05) is 25.1 Å². The molecule has 18 heavy (non-hydrogen) atoms. The lowest BCUT2D eigenvalue weighted by atomic mass is 10.3. The molecule has 0 saturated heterocycles. The van der Waals surface area contributed by atoms with Crippen LogP contribution in [-0.2, 0) is 4.79 Å². The second kappa shape index (κ2) is 8.36. The Morgan fingerprint density at radius 2 is 1.94 bits per heavy atom. The molecule has 5 nitrogen and oxygen atoms in total. The summed E-state index contributed by atoms with van der Waals surface area (Å²) < 4.78 is 10.8. The number of carbonyl (C=O) groups is 1. The monoisotopic (exact) mass is 252 g/mol.